The standard InChI is InChI=1S/C29H35F2N5.C2H5N/c1-7-9-23(16-20(4)35-18-29(6,30)31)26-10-8-11-27(36-26)25(28(33)21(5)32)17-34-24-14-12-22(13-15-24)19(2)3;1-2-3/h7-17,19,35H,1,5,18,32-33H2,2-4,6H3;2H,1,3H2/b20-16+,23-9+,28-25+,34-17?;. The van der Waals surface area contributed by atoms with Crippen LogP contribution in [0.2, 0.25) is 0 Å². The van der Waals surface area contributed by atoms with Crippen molar-refractivity contribution in [1.29, 1.82) is 0 Å². The molecule has 39 heavy (non-hydrogen) atoms. The zero-order valence-electron chi connectivity index (χ0n) is 23.2. The van der Waals surface area contributed by atoms with Gasteiger partial charge in [0.05, 0.1) is 29.3 Å². The minimum absolute atomic E-state index is 0.195. The molecular formula is C31H40F2N6. The maximum absolute atomic E-state index is 13.2. The van der Waals surface area contributed by atoms with Crippen LogP contribution >= 0.6 is 0 Å². The molecule has 0 saturated heterocycles. The van der Waals surface area contributed by atoms with Gasteiger partial charge in [0.1, 0.15) is 0 Å². The Bertz CT molecular complexity index is 1250. The van der Waals surface area contributed by atoms with Gasteiger partial charge in [-0.05, 0) is 54.9 Å². The van der Waals surface area contributed by atoms with Crippen LogP contribution in [0.3, 0.4) is 0 Å². The summed E-state index contributed by atoms with van der Waals surface area (Å²) in [4.78, 5) is 9.31. The maximum Gasteiger partial charge on any atom is 0.262 e. The largest absolute Gasteiger partial charge is 0.405 e. The number of nitrogens with one attached hydrogen (secondary N) is 1. The van der Waals surface area contributed by atoms with Gasteiger partial charge in [-0.15, -0.1) is 0 Å². The highest BCUT2D eigenvalue weighted by Gasteiger charge is 2.20. The van der Waals surface area contributed by atoms with E-state index in [1.807, 2.05) is 36.4 Å². The molecule has 0 amide bonds. The van der Waals surface area contributed by atoms with Crippen LogP contribution in [0.4, 0.5) is 14.5 Å². The van der Waals surface area contributed by atoms with Gasteiger partial charge in [0.2, 0.25) is 0 Å². The molecule has 0 spiro atoms. The quantitative estimate of drug-likeness (QED) is 0.193. The number of halogens is 2. The minimum Gasteiger partial charge on any atom is -0.405 e. The van der Waals surface area contributed by atoms with Crippen LogP contribution in [0.25, 0.3) is 11.1 Å². The van der Waals surface area contributed by atoms with Gasteiger partial charge in [-0.2, -0.15) is 0 Å². The van der Waals surface area contributed by atoms with Crippen molar-refractivity contribution in [1.82, 2.24) is 10.3 Å². The number of rotatable bonds is 11. The number of aromatic nitrogens is 1. The summed E-state index contributed by atoms with van der Waals surface area (Å²) in [6.07, 6.45) is 7.96. The van der Waals surface area contributed by atoms with Crippen LogP contribution in [-0.2, 0) is 0 Å². The Labute approximate surface area is 231 Å². The third-order valence-corrected chi connectivity index (χ3v) is 5.21. The monoisotopic (exact) mass is 534 g/mol. The summed E-state index contributed by atoms with van der Waals surface area (Å²) in [7, 11) is 0. The van der Waals surface area contributed by atoms with Gasteiger partial charge in [-0.3, -0.25) is 4.99 Å². The van der Waals surface area contributed by atoms with E-state index in [-0.39, 0.29) is 11.4 Å². The molecule has 2 rings (SSSR count). The molecular weight excluding hydrogens is 494 g/mol. The fourth-order valence-corrected chi connectivity index (χ4v) is 3.19. The van der Waals surface area contributed by atoms with Gasteiger partial charge < -0.3 is 22.5 Å². The molecule has 0 aliphatic rings. The van der Waals surface area contributed by atoms with Crippen LogP contribution < -0.4 is 22.5 Å². The fraction of sp³-hybridized carbons (Fsp3) is 0.226. The molecule has 1 aromatic carbocycles. The molecule has 0 aliphatic carbocycles. The third-order valence-electron chi connectivity index (χ3n) is 5.21. The van der Waals surface area contributed by atoms with Crippen molar-refractivity contribution in [2.45, 2.75) is 39.5 Å². The molecule has 6 nitrogen and oxygen atoms in total. The Morgan fingerprint density at radius 2 is 1.69 bits per heavy atom. The number of benzene rings is 1. The third kappa shape index (κ3) is 11.6. The van der Waals surface area contributed by atoms with Crippen molar-refractivity contribution in [3.05, 3.63) is 121 Å². The summed E-state index contributed by atoms with van der Waals surface area (Å²) < 4.78 is 26.5. The lowest BCUT2D eigenvalue weighted by Gasteiger charge is -2.14. The van der Waals surface area contributed by atoms with Crippen molar-refractivity contribution in [3.8, 4) is 0 Å². The number of pyridine rings is 1. The average molecular weight is 535 g/mol. The first-order chi connectivity index (χ1) is 18.3. The lowest BCUT2D eigenvalue weighted by Crippen LogP contribution is -2.28. The van der Waals surface area contributed by atoms with Crippen molar-refractivity contribution >= 4 is 23.0 Å². The van der Waals surface area contributed by atoms with Gasteiger partial charge in [-0.25, -0.2) is 13.8 Å². The van der Waals surface area contributed by atoms with E-state index in [9.17, 15) is 8.78 Å². The van der Waals surface area contributed by atoms with E-state index in [0.717, 1.165) is 12.6 Å². The maximum atomic E-state index is 13.2. The number of nitrogens with two attached hydrogens (primary N) is 3. The number of allylic oxidation sites excluding steroid dienone is 6. The van der Waals surface area contributed by atoms with Gasteiger partial charge in [-0.1, -0.05) is 63.9 Å². The number of nitrogens with zero attached hydrogens (tertiary/aromatic N) is 2. The first-order valence-electron chi connectivity index (χ1n) is 12.3. The molecule has 0 atom stereocenters. The van der Waals surface area contributed by atoms with E-state index >= 15 is 0 Å². The van der Waals surface area contributed by atoms with E-state index in [4.69, 9.17) is 16.5 Å². The second-order valence-corrected chi connectivity index (χ2v) is 9.11. The zero-order valence-corrected chi connectivity index (χ0v) is 23.2. The molecule has 0 fully saturated rings. The zero-order chi connectivity index (χ0) is 29.6. The Balaban J connectivity index is 0.00000242. The summed E-state index contributed by atoms with van der Waals surface area (Å²) >= 11 is 0. The number of hydrogen-bond acceptors (Lipinski definition) is 6. The highest BCUT2D eigenvalue weighted by atomic mass is 19.3. The minimum atomic E-state index is -2.83. The molecule has 1 heterocycles. The molecule has 0 saturated carbocycles. The van der Waals surface area contributed by atoms with E-state index < -0.39 is 12.5 Å². The highest BCUT2D eigenvalue weighted by molar-refractivity contribution is 6.11. The van der Waals surface area contributed by atoms with E-state index in [1.165, 1.54) is 11.8 Å². The summed E-state index contributed by atoms with van der Waals surface area (Å²) in [6.45, 7) is 17.0. The molecule has 1 aromatic heterocycles. The van der Waals surface area contributed by atoms with Crippen molar-refractivity contribution in [2.24, 2.45) is 22.2 Å². The number of aliphatic imine (C=N–C) groups is 1. The van der Waals surface area contributed by atoms with Crippen molar-refractivity contribution in [2.75, 3.05) is 6.54 Å². The SMILES string of the molecule is C=C/C=C(\C=C(/C)NCC(C)(F)F)c1cccc(/C(C=Nc2ccc(C(C)C)cc2)=C(/N)C(=C)N)n1.C=CN. The smallest absolute Gasteiger partial charge is 0.262 e. The normalized spacial score (nSPS) is 12.9. The molecule has 2 aromatic rings. The van der Waals surface area contributed by atoms with Crippen LogP contribution in [0, 0.1) is 0 Å². The van der Waals surface area contributed by atoms with Crippen LogP contribution in [0.15, 0.2) is 109 Å². The molecule has 0 unspecified atom stereocenters. The first kappa shape index (κ1) is 32.6. The lowest BCUT2D eigenvalue weighted by atomic mass is 10.0. The van der Waals surface area contributed by atoms with E-state index in [1.54, 1.807) is 37.4 Å². The number of alkyl halides is 2. The molecule has 0 radical (unpaired) electrons. The van der Waals surface area contributed by atoms with E-state index in [2.05, 4.69) is 49.6 Å². The predicted octanol–water partition coefficient (Wildman–Crippen LogP) is 6.56. The Hall–Kier alpha value is -4.46. The Morgan fingerprint density at radius 3 is 2.21 bits per heavy atom. The van der Waals surface area contributed by atoms with Crippen LogP contribution in [0.5, 0.6) is 0 Å². The summed E-state index contributed by atoms with van der Waals surface area (Å²) in [5, 5.41) is 2.73. The topological polar surface area (TPSA) is 115 Å². The molecule has 208 valence electrons. The van der Waals surface area contributed by atoms with Gasteiger partial charge in [0.15, 0.2) is 0 Å². The number of hydrogen-bond donors (Lipinski definition) is 4. The lowest BCUT2D eigenvalue weighted by molar-refractivity contribution is 0.0252. The summed E-state index contributed by atoms with van der Waals surface area (Å²) in [5.74, 6) is -2.41. The Kier molecular flexibility index (Phi) is 13.1. The van der Waals surface area contributed by atoms with Crippen LogP contribution in [0.1, 0.15) is 50.6 Å². The van der Waals surface area contributed by atoms with E-state index in [0.29, 0.717) is 34.1 Å². The Morgan fingerprint density at radius 1 is 1.10 bits per heavy atom. The molecule has 0 aliphatic heterocycles. The summed E-state index contributed by atoms with van der Waals surface area (Å²) in [5.41, 5.74) is 22.1. The van der Waals surface area contributed by atoms with Crippen LogP contribution in [-0.4, -0.2) is 23.7 Å². The second kappa shape index (κ2) is 15.7. The molecule has 7 N–H and O–H groups in total. The fourth-order valence-electron chi connectivity index (χ4n) is 3.19. The van der Waals surface area contributed by atoms with Crippen molar-refractivity contribution < 1.29 is 8.78 Å². The molecule has 8 heteroatoms. The van der Waals surface area contributed by atoms with Gasteiger partial charge >= 0.3 is 0 Å². The van der Waals surface area contributed by atoms with Gasteiger partial charge in [0, 0.05) is 35.7 Å². The highest BCUT2D eigenvalue weighted by Crippen LogP contribution is 2.23. The van der Waals surface area contributed by atoms with Gasteiger partial charge in [0.25, 0.3) is 5.92 Å². The first-order valence-corrected chi connectivity index (χ1v) is 12.3. The molecule has 0 bridgehead atoms. The second-order valence-electron chi connectivity index (χ2n) is 9.11. The predicted molar refractivity (Wildman–Crippen MR) is 162 cm³/mol. The average Bonchev–Trinajstić information content (AvgIpc) is 2.87. The van der Waals surface area contributed by atoms with Crippen molar-refractivity contribution in [3.63, 3.8) is 0 Å². The summed E-state index contributed by atoms with van der Waals surface area (Å²) in [6, 6.07) is 13.4.